The van der Waals surface area contributed by atoms with Crippen molar-refractivity contribution in [2.45, 2.75) is 51.7 Å². The Morgan fingerprint density at radius 2 is 1.76 bits per heavy atom. The van der Waals surface area contributed by atoms with Crippen molar-refractivity contribution in [2.75, 3.05) is 38.5 Å². The van der Waals surface area contributed by atoms with Gasteiger partial charge in [0.15, 0.2) is 0 Å². The van der Waals surface area contributed by atoms with Crippen molar-refractivity contribution in [1.82, 2.24) is 25.1 Å². The number of amides is 2. The average Bonchev–Trinajstić information content (AvgIpc) is 3.32. The Kier molecular flexibility index (Phi) is 8.54. The summed E-state index contributed by atoms with van der Waals surface area (Å²) in [7, 11) is 2.02. The molecular formula is C27H35F3N6O2. The topological polar surface area (TPSA) is 90.5 Å². The van der Waals surface area contributed by atoms with Crippen LogP contribution >= 0.6 is 0 Å². The predicted molar refractivity (Wildman–Crippen MR) is 138 cm³/mol. The van der Waals surface area contributed by atoms with Crippen molar-refractivity contribution in [2.24, 2.45) is 11.8 Å². The van der Waals surface area contributed by atoms with E-state index >= 15 is 0 Å². The number of carbonyl (C=O) groups excluding carboxylic acids is 2. The molecule has 2 N–H and O–H groups in total. The summed E-state index contributed by atoms with van der Waals surface area (Å²) in [5.41, 5.74) is 0.0963. The number of anilines is 2. The molecule has 2 aromatic rings. The monoisotopic (exact) mass is 532 g/mol. The second kappa shape index (κ2) is 11.7. The number of alkyl halides is 3. The number of nitrogens with zero attached hydrogens (tertiary/aromatic N) is 4. The molecule has 1 aliphatic carbocycles. The third-order valence-corrected chi connectivity index (χ3v) is 7.23. The largest absolute Gasteiger partial charge is 0.419 e. The summed E-state index contributed by atoms with van der Waals surface area (Å²) in [5, 5.41) is 5.85. The number of benzene rings is 1. The highest BCUT2D eigenvalue weighted by Crippen LogP contribution is 2.38. The third-order valence-electron chi connectivity index (χ3n) is 7.23. The highest BCUT2D eigenvalue weighted by molar-refractivity contribution is 5.94. The van der Waals surface area contributed by atoms with E-state index in [2.05, 4.69) is 25.5 Å². The lowest BCUT2D eigenvalue weighted by molar-refractivity contribution is -0.138. The molecule has 1 saturated carbocycles. The van der Waals surface area contributed by atoms with Gasteiger partial charge in [0.2, 0.25) is 11.9 Å². The zero-order chi connectivity index (χ0) is 27.4. The summed E-state index contributed by atoms with van der Waals surface area (Å²) in [4.78, 5) is 37.5. The Hall–Kier alpha value is -3.21. The van der Waals surface area contributed by atoms with Crippen LogP contribution in [0.5, 0.6) is 0 Å². The quantitative estimate of drug-likeness (QED) is 0.558. The van der Waals surface area contributed by atoms with Gasteiger partial charge in [0.1, 0.15) is 0 Å². The van der Waals surface area contributed by atoms with Gasteiger partial charge in [-0.2, -0.15) is 13.2 Å². The Morgan fingerprint density at radius 1 is 1.08 bits per heavy atom. The minimum absolute atomic E-state index is 0.0346. The van der Waals surface area contributed by atoms with Crippen LogP contribution in [0.3, 0.4) is 0 Å². The van der Waals surface area contributed by atoms with Crippen molar-refractivity contribution < 1.29 is 22.8 Å². The van der Waals surface area contributed by atoms with Gasteiger partial charge in [-0.15, -0.1) is 0 Å². The highest BCUT2D eigenvalue weighted by Gasteiger charge is 2.39. The molecule has 1 aromatic carbocycles. The SMILES string of the molecule is CC(C)NC(=O)[C@@H]1CCC[C@@H]1Cc1nc(Nc2ccc(C(=O)N3CCN(C)CC3)cc2)ncc1C(F)(F)F. The minimum atomic E-state index is -4.60. The van der Waals surface area contributed by atoms with Gasteiger partial charge < -0.3 is 20.4 Å². The molecule has 11 heteroatoms. The second-order valence-electron chi connectivity index (χ2n) is 10.5. The third kappa shape index (κ3) is 6.80. The molecule has 38 heavy (non-hydrogen) atoms. The molecule has 2 aliphatic rings. The van der Waals surface area contributed by atoms with Crippen LogP contribution in [0.2, 0.25) is 0 Å². The van der Waals surface area contributed by atoms with Crippen molar-refractivity contribution >= 4 is 23.5 Å². The lowest BCUT2D eigenvalue weighted by Crippen LogP contribution is -2.47. The maximum absolute atomic E-state index is 13.8. The molecule has 1 aliphatic heterocycles. The standard InChI is InChI=1S/C27H35F3N6O2/c1-17(2)32-24(37)21-6-4-5-19(21)15-23-22(27(28,29)30)16-31-26(34-23)33-20-9-7-18(8-10-20)25(38)36-13-11-35(3)12-14-36/h7-10,16-17,19,21H,4-6,11-15H2,1-3H3,(H,32,37)(H,31,33,34)/t19-,21-/m1/s1. The first-order chi connectivity index (χ1) is 18.0. The summed E-state index contributed by atoms with van der Waals surface area (Å²) in [6.07, 6.45) is -1.65. The second-order valence-corrected chi connectivity index (χ2v) is 10.5. The predicted octanol–water partition coefficient (Wildman–Crippen LogP) is 4.11. The zero-order valence-electron chi connectivity index (χ0n) is 22.0. The average molecular weight is 533 g/mol. The smallest absolute Gasteiger partial charge is 0.354 e. The molecule has 2 amide bonds. The normalized spacial score (nSPS) is 20.6. The molecule has 206 valence electrons. The summed E-state index contributed by atoms with van der Waals surface area (Å²) in [6, 6.07) is 6.71. The van der Waals surface area contributed by atoms with Crippen LogP contribution in [0.1, 0.15) is 54.7 Å². The molecule has 0 spiro atoms. The lowest BCUT2D eigenvalue weighted by atomic mass is 9.89. The van der Waals surface area contributed by atoms with E-state index in [9.17, 15) is 22.8 Å². The van der Waals surface area contributed by atoms with Crippen LogP contribution in [-0.4, -0.2) is 70.9 Å². The van der Waals surface area contributed by atoms with Gasteiger partial charge >= 0.3 is 6.18 Å². The number of likely N-dealkylation sites (N-methyl/N-ethyl adjacent to an activating group) is 1. The van der Waals surface area contributed by atoms with Crippen LogP contribution in [0.25, 0.3) is 0 Å². The van der Waals surface area contributed by atoms with Crippen molar-refractivity contribution in [1.29, 1.82) is 0 Å². The van der Waals surface area contributed by atoms with Crippen molar-refractivity contribution in [3.05, 3.63) is 47.3 Å². The maximum atomic E-state index is 13.8. The number of hydrogen-bond donors (Lipinski definition) is 2. The number of piperazine rings is 1. The molecule has 8 nitrogen and oxygen atoms in total. The Bertz CT molecular complexity index is 1130. The van der Waals surface area contributed by atoms with Crippen LogP contribution in [0, 0.1) is 11.8 Å². The first-order valence-electron chi connectivity index (χ1n) is 13.1. The summed E-state index contributed by atoms with van der Waals surface area (Å²) in [5.74, 6) is -0.694. The van der Waals surface area contributed by atoms with E-state index in [1.165, 1.54) is 0 Å². The molecule has 2 heterocycles. The van der Waals surface area contributed by atoms with E-state index in [0.717, 1.165) is 25.7 Å². The molecule has 4 rings (SSSR count). The number of nitrogens with one attached hydrogen (secondary N) is 2. The number of hydrogen-bond acceptors (Lipinski definition) is 6. The molecule has 1 saturated heterocycles. The number of aromatic nitrogens is 2. The lowest BCUT2D eigenvalue weighted by Gasteiger charge is -2.32. The van der Waals surface area contributed by atoms with Crippen molar-refractivity contribution in [3.8, 4) is 0 Å². The van der Waals surface area contributed by atoms with Gasteiger partial charge in [-0.1, -0.05) is 6.42 Å². The van der Waals surface area contributed by atoms with Crippen LogP contribution in [0.15, 0.2) is 30.5 Å². The zero-order valence-corrected chi connectivity index (χ0v) is 22.0. The van der Waals surface area contributed by atoms with Crippen LogP contribution < -0.4 is 10.6 Å². The number of carbonyl (C=O) groups is 2. The maximum Gasteiger partial charge on any atom is 0.419 e. The van der Waals surface area contributed by atoms with E-state index in [0.29, 0.717) is 37.2 Å². The Morgan fingerprint density at radius 3 is 2.39 bits per heavy atom. The minimum Gasteiger partial charge on any atom is -0.354 e. The van der Waals surface area contributed by atoms with Crippen LogP contribution in [-0.2, 0) is 17.4 Å². The molecule has 2 fully saturated rings. The number of rotatable bonds is 7. The van der Waals surface area contributed by atoms with Gasteiger partial charge in [-0.25, -0.2) is 9.97 Å². The molecule has 0 radical (unpaired) electrons. The summed E-state index contributed by atoms with van der Waals surface area (Å²) < 4.78 is 41.4. The molecule has 0 bridgehead atoms. The first-order valence-corrected chi connectivity index (χ1v) is 13.1. The number of halogens is 3. The fourth-order valence-electron chi connectivity index (χ4n) is 5.15. The Balaban J connectivity index is 1.49. The van der Waals surface area contributed by atoms with E-state index < -0.39 is 11.7 Å². The Labute approximate surface area is 221 Å². The van der Waals surface area contributed by atoms with E-state index in [1.807, 2.05) is 25.8 Å². The van der Waals surface area contributed by atoms with Crippen LogP contribution in [0.4, 0.5) is 24.8 Å². The van der Waals surface area contributed by atoms with E-state index in [1.54, 1.807) is 24.3 Å². The molecule has 0 unspecified atom stereocenters. The van der Waals surface area contributed by atoms with Gasteiger partial charge in [-0.05, 0) is 70.3 Å². The highest BCUT2D eigenvalue weighted by atomic mass is 19.4. The molecule has 2 atom stereocenters. The van der Waals surface area contributed by atoms with Gasteiger partial charge in [0.25, 0.3) is 5.91 Å². The fourth-order valence-corrected chi connectivity index (χ4v) is 5.15. The molecular weight excluding hydrogens is 497 g/mol. The van der Waals surface area contributed by atoms with Gasteiger partial charge in [-0.3, -0.25) is 9.59 Å². The summed E-state index contributed by atoms with van der Waals surface area (Å²) in [6.45, 7) is 6.70. The fraction of sp³-hybridized carbons (Fsp3) is 0.556. The molecule has 1 aromatic heterocycles. The summed E-state index contributed by atoms with van der Waals surface area (Å²) >= 11 is 0. The van der Waals surface area contributed by atoms with E-state index in [-0.39, 0.29) is 47.8 Å². The first kappa shape index (κ1) is 27.8. The van der Waals surface area contributed by atoms with Crippen molar-refractivity contribution in [3.63, 3.8) is 0 Å². The van der Waals surface area contributed by atoms with E-state index in [4.69, 9.17) is 0 Å². The van der Waals surface area contributed by atoms with Gasteiger partial charge in [0, 0.05) is 55.6 Å². The van der Waals surface area contributed by atoms with Gasteiger partial charge in [0.05, 0.1) is 11.3 Å².